The zero-order valence-corrected chi connectivity index (χ0v) is 22.0. The first kappa shape index (κ1) is 29.5. The van der Waals surface area contributed by atoms with Crippen molar-refractivity contribution < 1.29 is 33.2 Å². The number of rotatable bonds is 8. The van der Waals surface area contributed by atoms with E-state index in [1.165, 1.54) is 11.0 Å². The van der Waals surface area contributed by atoms with Gasteiger partial charge in [-0.05, 0) is 45.3 Å². The van der Waals surface area contributed by atoms with E-state index in [1.54, 1.807) is 56.0 Å². The topological polar surface area (TPSA) is 126 Å². The Morgan fingerprint density at radius 1 is 1.24 bits per heavy atom. The highest BCUT2D eigenvalue weighted by Crippen LogP contribution is 2.33. The van der Waals surface area contributed by atoms with Gasteiger partial charge in [0.2, 0.25) is 0 Å². The van der Waals surface area contributed by atoms with E-state index in [1.807, 2.05) is 6.07 Å². The molecule has 0 spiro atoms. The predicted molar refractivity (Wildman–Crippen MR) is 137 cm³/mol. The highest BCUT2D eigenvalue weighted by molar-refractivity contribution is 6.41. The van der Waals surface area contributed by atoms with Crippen molar-refractivity contribution in [2.24, 2.45) is 0 Å². The Morgan fingerprint density at radius 3 is 2.50 bits per heavy atom. The third-order valence-electron chi connectivity index (χ3n) is 7.06. The molecule has 2 heterocycles. The third kappa shape index (κ3) is 7.76. The van der Waals surface area contributed by atoms with Crippen LogP contribution in [-0.2, 0) is 9.53 Å². The van der Waals surface area contributed by atoms with Crippen LogP contribution in [0.2, 0.25) is 6.32 Å². The van der Waals surface area contributed by atoms with Gasteiger partial charge in [-0.2, -0.15) is 5.26 Å². The van der Waals surface area contributed by atoms with E-state index in [0.29, 0.717) is 24.9 Å². The summed E-state index contributed by atoms with van der Waals surface area (Å²) in [4.78, 5) is 29.1. The molecule has 0 unspecified atom stereocenters. The first-order chi connectivity index (χ1) is 17.7. The van der Waals surface area contributed by atoms with Gasteiger partial charge in [0.05, 0.1) is 19.1 Å². The van der Waals surface area contributed by atoms with Gasteiger partial charge in [0.25, 0.3) is 11.8 Å². The molecule has 0 saturated carbocycles. The fourth-order valence-corrected chi connectivity index (χ4v) is 5.02. The van der Waals surface area contributed by atoms with Crippen molar-refractivity contribution in [3.8, 4) is 6.07 Å². The molecule has 1 aromatic rings. The average molecular weight is 532 g/mol. The van der Waals surface area contributed by atoms with Gasteiger partial charge in [0.15, 0.2) is 0 Å². The smallest absolute Gasteiger partial charge is 0.441 e. The molecule has 0 aliphatic carbocycles. The number of likely N-dealkylation sites (tertiary alicyclic amines) is 2. The maximum absolute atomic E-state index is 13.7. The standard InChI is InChI=1S/C26H35BF2N4O5/c1-24(2,33-13-11-26(28,29)18-33)14-20(16-30)22(34)32-12-7-10-25(3,17-32)38-23(35)31-21(15-27(36)37)19-8-5-4-6-9-19/h4-6,8-9,14,21,36-37H,7,10-13,15,17-18H2,1-3H3,(H,31,35)/t21-,25-/m1/s1. The number of alkyl halides is 2. The van der Waals surface area contributed by atoms with Crippen LogP contribution in [-0.4, -0.2) is 82.2 Å². The van der Waals surface area contributed by atoms with Crippen molar-refractivity contribution in [2.45, 2.75) is 69.5 Å². The molecule has 9 nitrogen and oxygen atoms in total. The summed E-state index contributed by atoms with van der Waals surface area (Å²) >= 11 is 0. The van der Waals surface area contributed by atoms with Crippen LogP contribution in [0.3, 0.4) is 0 Å². The van der Waals surface area contributed by atoms with E-state index in [-0.39, 0.29) is 31.4 Å². The summed E-state index contributed by atoms with van der Waals surface area (Å²) in [6, 6.07) is 10.0. The predicted octanol–water partition coefficient (Wildman–Crippen LogP) is 2.88. The molecule has 0 bridgehead atoms. The first-order valence-electron chi connectivity index (χ1n) is 12.7. The van der Waals surface area contributed by atoms with Gasteiger partial charge in [0, 0.05) is 31.4 Å². The third-order valence-corrected chi connectivity index (χ3v) is 7.06. The number of carbonyl (C=O) groups is 2. The van der Waals surface area contributed by atoms with Crippen molar-refractivity contribution in [3.63, 3.8) is 0 Å². The Labute approximate surface area is 222 Å². The molecule has 2 amide bonds. The molecule has 0 aromatic heterocycles. The average Bonchev–Trinajstić information content (AvgIpc) is 3.22. The molecule has 3 N–H and O–H groups in total. The summed E-state index contributed by atoms with van der Waals surface area (Å²) in [5, 5.41) is 31.3. The van der Waals surface area contributed by atoms with E-state index < -0.39 is 48.8 Å². The maximum Gasteiger partial charge on any atom is 0.453 e. The molecule has 3 rings (SSSR count). The summed E-state index contributed by atoms with van der Waals surface area (Å²) in [7, 11) is -1.65. The molecule has 1 aromatic carbocycles. The number of ether oxygens (including phenoxy) is 1. The number of hydrogen-bond acceptors (Lipinski definition) is 7. The SMILES string of the molecule is CC(C)(C=C(C#N)C(=O)N1CCC[C@@](C)(OC(=O)N[C@H](CB(O)O)c2ccccc2)C1)N1CCC(F)(F)C1. The number of piperidine rings is 1. The number of nitrogens with zero attached hydrogens (tertiary/aromatic N) is 3. The van der Waals surface area contributed by atoms with Gasteiger partial charge in [-0.1, -0.05) is 30.3 Å². The summed E-state index contributed by atoms with van der Waals surface area (Å²) in [5.74, 6) is -3.35. The Balaban J connectivity index is 1.68. The van der Waals surface area contributed by atoms with E-state index >= 15 is 0 Å². The second-order valence-corrected chi connectivity index (χ2v) is 10.8. The zero-order chi connectivity index (χ0) is 28.1. The van der Waals surface area contributed by atoms with Crippen molar-refractivity contribution in [2.75, 3.05) is 26.2 Å². The lowest BCUT2D eigenvalue weighted by Gasteiger charge is -2.40. The number of amides is 2. The van der Waals surface area contributed by atoms with Crippen molar-refractivity contribution in [1.29, 1.82) is 5.26 Å². The number of hydrogen-bond donors (Lipinski definition) is 3. The normalized spacial score (nSPS) is 22.9. The Hall–Kier alpha value is -3.01. The van der Waals surface area contributed by atoms with E-state index in [9.17, 15) is 33.7 Å². The minimum atomic E-state index is -2.80. The van der Waals surface area contributed by atoms with Gasteiger partial charge in [-0.15, -0.1) is 0 Å². The van der Waals surface area contributed by atoms with Crippen LogP contribution in [0.15, 0.2) is 42.0 Å². The molecule has 2 aliphatic rings. The van der Waals surface area contributed by atoms with E-state index in [4.69, 9.17) is 4.74 Å². The number of nitrogens with one attached hydrogen (secondary N) is 1. The van der Waals surface area contributed by atoms with E-state index in [2.05, 4.69) is 5.32 Å². The molecular weight excluding hydrogens is 497 g/mol. The second-order valence-electron chi connectivity index (χ2n) is 10.8. The molecule has 2 saturated heterocycles. The van der Waals surface area contributed by atoms with Crippen molar-refractivity contribution in [3.05, 3.63) is 47.5 Å². The van der Waals surface area contributed by atoms with Crippen LogP contribution < -0.4 is 5.32 Å². The lowest BCUT2D eigenvalue weighted by Crippen LogP contribution is -2.52. The lowest BCUT2D eigenvalue weighted by molar-refractivity contribution is -0.133. The molecule has 2 fully saturated rings. The zero-order valence-electron chi connectivity index (χ0n) is 22.0. The maximum atomic E-state index is 13.7. The van der Waals surface area contributed by atoms with Crippen molar-refractivity contribution in [1.82, 2.24) is 15.1 Å². The Bertz CT molecular complexity index is 1080. The molecule has 0 radical (unpaired) electrons. The van der Waals surface area contributed by atoms with Gasteiger partial charge >= 0.3 is 13.2 Å². The largest absolute Gasteiger partial charge is 0.453 e. The van der Waals surface area contributed by atoms with Crippen LogP contribution >= 0.6 is 0 Å². The molecule has 38 heavy (non-hydrogen) atoms. The summed E-state index contributed by atoms with van der Waals surface area (Å²) in [5.41, 5.74) is -1.46. The van der Waals surface area contributed by atoms with Crippen LogP contribution in [0.4, 0.5) is 13.6 Å². The minimum Gasteiger partial charge on any atom is -0.441 e. The van der Waals surface area contributed by atoms with Crippen LogP contribution in [0, 0.1) is 11.3 Å². The Morgan fingerprint density at radius 2 is 1.92 bits per heavy atom. The van der Waals surface area contributed by atoms with Crippen molar-refractivity contribution >= 4 is 19.1 Å². The van der Waals surface area contributed by atoms with Gasteiger partial charge < -0.3 is 25.0 Å². The second kappa shape index (κ2) is 11.8. The van der Waals surface area contributed by atoms with Crippen LogP contribution in [0.1, 0.15) is 51.6 Å². The fraction of sp³-hybridized carbons (Fsp3) is 0.577. The molecule has 2 aliphatic heterocycles. The van der Waals surface area contributed by atoms with Crippen LogP contribution in [0.25, 0.3) is 0 Å². The molecular formula is C26H35BF2N4O5. The summed E-state index contributed by atoms with van der Waals surface area (Å²) in [6.45, 7) is 5.19. The number of alkyl carbamates (subject to hydrolysis) is 1. The lowest BCUT2D eigenvalue weighted by atomic mass is 9.79. The Kier molecular flexibility index (Phi) is 9.18. The highest BCUT2D eigenvalue weighted by Gasteiger charge is 2.44. The van der Waals surface area contributed by atoms with Gasteiger partial charge in [-0.3, -0.25) is 9.69 Å². The molecule has 12 heteroatoms. The molecule has 2 atom stereocenters. The van der Waals surface area contributed by atoms with Crippen LogP contribution in [0.5, 0.6) is 0 Å². The first-order valence-corrected chi connectivity index (χ1v) is 12.7. The fourth-order valence-electron chi connectivity index (χ4n) is 5.02. The highest BCUT2D eigenvalue weighted by atomic mass is 19.3. The van der Waals surface area contributed by atoms with E-state index in [0.717, 1.165) is 0 Å². The number of nitriles is 1. The quantitative estimate of drug-likeness (QED) is 0.267. The monoisotopic (exact) mass is 532 g/mol. The number of halogens is 2. The summed E-state index contributed by atoms with van der Waals surface area (Å²) in [6.07, 6.45) is 1.24. The minimum absolute atomic E-state index is 0.0408. The summed E-state index contributed by atoms with van der Waals surface area (Å²) < 4.78 is 33.2. The van der Waals surface area contributed by atoms with Gasteiger partial charge in [-0.25, -0.2) is 13.6 Å². The number of carbonyl (C=O) groups excluding carboxylic acids is 2. The molecule has 206 valence electrons. The number of benzene rings is 1. The van der Waals surface area contributed by atoms with Gasteiger partial charge in [0.1, 0.15) is 17.2 Å².